The van der Waals surface area contributed by atoms with Crippen molar-refractivity contribution in [2.24, 2.45) is 5.92 Å². The molecule has 1 aromatic rings. The molecule has 0 bridgehead atoms. The van der Waals surface area contributed by atoms with E-state index < -0.39 is 28.3 Å². The van der Waals surface area contributed by atoms with Gasteiger partial charge in [-0.05, 0) is 12.1 Å². The van der Waals surface area contributed by atoms with Crippen molar-refractivity contribution in [3.05, 3.63) is 34.4 Å². The minimum atomic E-state index is -1.27. The zero-order valence-corrected chi connectivity index (χ0v) is 11.0. The van der Waals surface area contributed by atoms with Gasteiger partial charge >= 0.3 is 0 Å². The first-order chi connectivity index (χ1) is 9.49. The molecule has 1 aliphatic heterocycles. The molecule has 1 N–H and O–H groups in total. The number of thioether (sulfide) groups is 1. The molecule has 1 amide bonds. The standard InChI is InChI=1S/C12H10N2O5S/c15-9-5-20-6-10(16)11(9)12(17)13-7-1-3-8(4-2-7)14(18)19/h1-4,11H,5-6H2,(H,13,17). The van der Waals surface area contributed by atoms with Gasteiger partial charge in [0.25, 0.3) is 5.69 Å². The van der Waals surface area contributed by atoms with Gasteiger partial charge in [0.05, 0.1) is 16.4 Å². The van der Waals surface area contributed by atoms with Gasteiger partial charge in [-0.1, -0.05) is 0 Å². The molecule has 7 nitrogen and oxygen atoms in total. The van der Waals surface area contributed by atoms with Gasteiger partial charge < -0.3 is 5.32 Å². The molecule has 0 radical (unpaired) electrons. The number of nitrogens with one attached hydrogen (secondary N) is 1. The van der Waals surface area contributed by atoms with E-state index in [0.29, 0.717) is 5.69 Å². The van der Waals surface area contributed by atoms with Crippen LogP contribution < -0.4 is 5.32 Å². The van der Waals surface area contributed by atoms with E-state index >= 15 is 0 Å². The molecule has 1 heterocycles. The number of carbonyl (C=O) groups excluding carboxylic acids is 3. The number of ketones is 2. The molecule has 0 spiro atoms. The summed E-state index contributed by atoms with van der Waals surface area (Å²) in [6.45, 7) is 0. The van der Waals surface area contributed by atoms with Gasteiger partial charge in [0.2, 0.25) is 5.91 Å². The molecule has 1 fully saturated rings. The molecule has 1 aliphatic rings. The zero-order valence-electron chi connectivity index (χ0n) is 10.2. The highest BCUT2D eigenvalue weighted by Gasteiger charge is 2.36. The summed E-state index contributed by atoms with van der Waals surface area (Å²) in [4.78, 5) is 45.0. The van der Waals surface area contributed by atoms with Crippen LogP contribution in [0.3, 0.4) is 0 Å². The molecule has 0 saturated carbocycles. The van der Waals surface area contributed by atoms with Crippen molar-refractivity contribution >= 4 is 40.6 Å². The predicted octanol–water partition coefficient (Wildman–Crippen LogP) is 1.03. The molecule has 104 valence electrons. The first kappa shape index (κ1) is 14.2. The second kappa shape index (κ2) is 5.83. The Hall–Kier alpha value is -2.22. The van der Waals surface area contributed by atoms with Crippen molar-refractivity contribution in [3.63, 3.8) is 0 Å². The van der Waals surface area contributed by atoms with Crippen molar-refractivity contribution in [2.45, 2.75) is 0 Å². The summed E-state index contributed by atoms with van der Waals surface area (Å²) in [5.41, 5.74) is 0.198. The smallest absolute Gasteiger partial charge is 0.269 e. The van der Waals surface area contributed by atoms with Gasteiger partial charge in [-0.3, -0.25) is 24.5 Å². The van der Waals surface area contributed by atoms with E-state index in [4.69, 9.17) is 0 Å². The molecule has 0 atom stereocenters. The van der Waals surface area contributed by atoms with Crippen molar-refractivity contribution in [1.29, 1.82) is 0 Å². The van der Waals surface area contributed by atoms with Crippen LogP contribution in [0.1, 0.15) is 0 Å². The first-order valence-electron chi connectivity index (χ1n) is 5.67. The maximum atomic E-state index is 11.9. The summed E-state index contributed by atoms with van der Waals surface area (Å²) in [7, 11) is 0. The van der Waals surface area contributed by atoms with Gasteiger partial charge in [0.15, 0.2) is 17.5 Å². The Morgan fingerprint density at radius 3 is 2.25 bits per heavy atom. The van der Waals surface area contributed by atoms with Crippen LogP contribution in [-0.2, 0) is 14.4 Å². The number of amides is 1. The first-order valence-corrected chi connectivity index (χ1v) is 6.83. The second-order valence-electron chi connectivity index (χ2n) is 4.15. The largest absolute Gasteiger partial charge is 0.325 e. The van der Waals surface area contributed by atoms with Crippen molar-refractivity contribution in [3.8, 4) is 0 Å². The molecule has 0 aromatic heterocycles. The monoisotopic (exact) mass is 294 g/mol. The highest BCUT2D eigenvalue weighted by molar-refractivity contribution is 8.00. The number of nitro benzene ring substituents is 1. The third-order valence-electron chi connectivity index (χ3n) is 2.74. The Balaban J connectivity index is 2.09. The van der Waals surface area contributed by atoms with Crippen molar-refractivity contribution in [1.82, 2.24) is 0 Å². The lowest BCUT2D eigenvalue weighted by molar-refractivity contribution is -0.384. The summed E-state index contributed by atoms with van der Waals surface area (Å²) < 4.78 is 0. The second-order valence-corrected chi connectivity index (χ2v) is 5.14. The van der Waals surface area contributed by atoms with Crippen molar-refractivity contribution in [2.75, 3.05) is 16.8 Å². The molecule has 0 unspecified atom stereocenters. The Bertz CT molecular complexity index is 568. The number of rotatable bonds is 3. The number of non-ortho nitro benzene ring substituents is 1. The van der Waals surface area contributed by atoms with E-state index in [2.05, 4.69) is 5.32 Å². The highest BCUT2D eigenvalue weighted by Crippen LogP contribution is 2.20. The van der Waals surface area contributed by atoms with Gasteiger partial charge in [-0.15, -0.1) is 11.8 Å². The van der Waals surface area contributed by atoms with Gasteiger partial charge in [-0.25, -0.2) is 0 Å². The lowest BCUT2D eigenvalue weighted by atomic mass is 9.99. The average molecular weight is 294 g/mol. The van der Waals surface area contributed by atoms with Crippen LogP contribution in [0, 0.1) is 16.0 Å². The summed E-state index contributed by atoms with van der Waals surface area (Å²) in [6, 6.07) is 5.16. The number of hydrogen-bond donors (Lipinski definition) is 1. The van der Waals surface area contributed by atoms with E-state index in [1.807, 2.05) is 0 Å². The maximum Gasteiger partial charge on any atom is 0.269 e. The third kappa shape index (κ3) is 3.02. The number of anilines is 1. The van der Waals surface area contributed by atoms with Crippen LogP contribution in [0.15, 0.2) is 24.3 Å². The van der Waals surface area contributed by atoms with Crippen LogP contribution in [0.25, 0.3) is 0 Å². The predicted molar refractivity (Wildman–Crippen MR) is 72.6 cm³/mol. The maximum absolute atomic E-state index is 11.9. The zero-order chi connectivity index (χ0) is 14.7. The molecule has 8 heteroatoms. The summed E-state index contributed by atoms with van der Waals surface area (Å²) in [6.07, 6.45) is 0. The van der Waals surface area contributed by atoms with E-state index in [0.717, 1.165) is 0 Å². The van der Waals surface area contributed by atoms with E-state index in [-0.39, 0.29) is 17.2 Å². The van der Waals surface area contributed by atoms with Crippen LogP contribution >= 0.6 is 11.8 Å². The van der Waals surface area contributed by atoms with Crippen LogP contribution in [0.4, 0.5) is 11.4 Å². The third-order valence-corrected chi connectivity index (χ3v) is 3.72. The minimum Gasteiger partial charge on any atom is -0.325 e. The number of nitro groups is 1. The Morgan fingerprint density at radius 1 is 1.20 bits per heavy atom. The normalized spacial score (nSPS) is 16.0. The fourth-order valence-electron chi connectivity index (χ4n) is 1.77. The lowest BCUT2D eigenvalue weighted by Gasteiger charge is -2.18. The summed E-state index contributed by atoms with van der Waals surface area (Å²) in [5.74, 6) is -2.49. The summed E-state index contributed by atoms with van der Waals surface area (Å²) in [5, 5.41) is 12.9. The topological polar surface area (TPSA) is 106 Å². The molecular formula is C12H10N2O5S. The number of benzene rings is 1. The fraction of sp³-hybridized carbons (Fsp3) is 0.250. The van der Waals surface area contributed by atoms with E-state index in [1.165, 1.54) is 36.0 Å². The van der Waals surface area contributed by atoms with E-state index in [9.17, 15) is 24.5 Å². The Labute approximate surface area is 117 Å². The average Bonchev–Trinajstić information content (AvgIpc) is 2.39. The SMILES string of the molecule is O=C1CSCC(=O)C1C(=O)Nc1ccc([N+](=O)[O-])cc1. The number of hydrogen-bond acceptors (Lipinski definition) is 6. The molecule has 1 saturated heterocycles. The molecule has 2 rings (SSSR count). The van der Waals surface area contributed by atoms with Crippen LogP contribution in [0.2, 0.25) is 0 Å². The minimum absolute atomic E-state index is 0.107. The molecule has 0 aliphatic carbocycles. The van der Waals surface area contributed by atoms with E-state index in [1.54, 1.807) is 0 Å². The number of nitrogens with zero attached hydrogens (tertiary/aromatic N) is 1. The Kier molecular flexibility index (Phi) is 4.14. The van der Waals surface area contributed by atoms with Gasteiger partial charge in [0, 0.05) is 17.8 Å². The Morgan fingerprint density at radius 2 is 1.75 bits per heavy atom. The van der Waals surface area contributed by atoms with Gasteiger partial charge in [0.1, 0.15) is 0 Å². The number of carbonyl (C=O) groups is 3. The number of Topliss-reactive ketones (excluding diaryl/α,β-unsaturated/α-hetero) is 2. The lowest BCUT2D eigenvalue weighted by Crippen LogP contribution is -2.41. The quantitative estimate of drug-likeness (QED) is 0.507. The van der Waals surface area contributed by atoms with Crippen LogP contribution in [-0.4, -0.2) is 33.9 Å². The highest BCUT2D eigenvalue weighted by atomic mass is 32.2. The molecular weight excluding hydrogens is 284 g/mol. The van der Waals surface area contributed by atoms with Crippen LogP contribution in [0.5, 0.6) is 0 Å². The van der Waals surface area contributed by atoms with Gasteiger partial charge in [-0.2, -0.15) is 0 Å². The summed E-state index contributed by atoms with van der Waals surface area (Å²) >= 11 is 1.19. The molecule has 20 heavy (non-hydrogen) atoms. The fourth-order valence-corrected chi connectivity index (χ4v) is 2.61. The van der Waals surface area contributed by atoms with Crippen molar-refractivity contribution < 1.29 is 19.3 Å². The molecule has 1 aromatic carbocycles.